The first kappa shape index (κ1) is 22.3. The molecule has 1 aliphatic heterocycles. The Kier molecular flexibility index (Phi) is 6.50. The number of anilines is 1. The van der Waals surface area contributed by atoms with Gasteiger partial charge in [-0.25, -0.2) is 9.79 Å². The van der Waals surface area contributed by atoms with Crippen LogP contribution < -0.4 is 20.2 Å². The van der Waals surface area contributed by atoms with E-state index < -0.39 is 12.0 Å². The number of esters is 1. The van der Waals surface area contributed by atoms with Crippen LogP contribution >= 0.6 is 34.5 Å². The Hall–Kier alpha value is -2.87. The van der Waals surface area contributed by atoms with Gasteiger partial charge in [0.2, 0.25) is 0 Å². The number of fused-ring (bicyclic) bond motifs is 1. The Morgan fingerprint density at radius 3 is 2.41 bits per heavy atom. The highest BCUT2D eigenvalue weighted by molar-refractivity contribution is 7.07. The molecular formula is C23H19Cl2N3O3S. The zero-order valence-corrected chi connectivity index (χ0v) is 19.6. The lowest BCUT2D eigenvalue weighted by Gasteiger charge is -2.24. The quantitative estimate of drug-likeness (QED) is 0.549. The van der Waals surface area contributed by atoms with Crippen LogP contribution in [-0.4, -0.2) is 17.1 Å². The van der Waals surface area contributed by atoms with Crippen LogP contribution in [0.2, 0.25) is 10.0 Å². The topological polar surface area (TPSA) is 72.7 Å². The summed E-state index contributed by atoms with van der Waals surface area (Å²) in [5.41, 5.74) is 2.12. The van der Waals surface area contributed by atoms with Crippen LogP contribution in [0.15, 0.2) is 69.6 Å². The van der Waals surface area contributed by atoms with Gasteiger partial charge in [-0.15, -0.1) is 0 Å². The fraction of sp³-hybridized carbons (Fsp3) is 0.174. The predicted octanol–water partition coefficient (Wildman–Crippen LogP) is 4.13. The van der Waals surface area contributed by atoms with Gasteiger partial charge in [-0.2, -0.15) is 0 Å². The van der Waals surface area contributed by atoms with E-state index in [-0.39, 0.29) is 12.2 Å². The fourth-order valence-corrected chi connectivity index (χ4v) is 4.67. The van der Waals surface area contributed by atoms with E-state index in [9.17, 15) is 9.59 Å². The van der Waals surface area contributed by atoms with E-state index in [1.807, 2.05) is 12.1 Å². The lowest BCUT2D eigenvalue weighted by Crippen LogP contribution is -2.40. The summed E-state index contributed by atoms with van der Waals surface area (Å²) < 4.78 is 7.26. The maximum absolute atomic E-state index is 13.4. The molecule has 0 unspecified atom stereocenters. The molecule has 0 saturated carbocycles. The zero-order chi connectivity index (χ0) is 22.8. The van der Waals surface area contributed by atoms with Crippen molar-refractivity contribution in [2.45, 2.75) is 19.9 Å². The fourth-order valence-electron chi connectivity index (χ4n) is 3.45. The first-order valence-corrected chi connectivity index (χ1v) is 11.4. The second-order valence-corrected chi connectivity index (χ2v) is 8.89. The molecule has 2 aromatic carbocycles. The highest BCUT2D eigenvalue weighted by Gasteiger charge is 2.33. The number of benzene rings is 2. The van der Waals surface area contributed by atoms with E-state index in [0.29, 0.717) is 30.6 Å². The number of halogens is 2. The monoisotopic (exact) mass is 487 g/mol. The number of aromatic nitrogens is 1. The third-order valence-corrected chi connectivity index (χ3v) is 6.40. The molecule has 2 heterocycles. The van der Waals surface area contributed by atoms with E-state index in [1.54, 1.807) is 56.4 Å². The van der Waals surface area contributed by atoms with Gasteiger partial charge >= 0.3 is 5.97 Å². The molecule has 0 aliphatic carbocycles. The van der Waals surface area contributed by atoms with Gasteiger partial charge in [-0.3, -0.25) is 9.36 Å². The minimum atomic E-state index is -0.666. The van der Waals surface area contributed by atoms with E-state index in [4.69, 9.17) is 27.9 Å². The summed E-state index contributed by atoms with van der Waals surface area (Å²) in [7, 11) is 0. The van der Waals surface area contributed by atoms with Crippen LogP contribution in [-0.2, 0) is 9.53 Å². The molecule has 0 radical (unpaired) electrons. The molecule has 1 N–H and O–H groups in total. The zero-order valence-electron chi connectivity index (χ0n) is 17.3. The average Bonchev–Trinajstić information content (AvgIpc) is 3.08. The number of ether oxygens (including phenoxy) is 1. The Balaban J connectivity index is 1.85. The Labute approximate surface area is 198 Å². The molecule has 9 heteroatoms. The highest BCUT2D eigenvalue weighted by atomic mass is 35.5. The van der Waals surface area contributed by atoms with E-state index >= 15 is 0 Å². The maximum Gasteiger partial charge on any atom is 0.338 e. The SMILES string of the molecule is CCOC(=O)C1=C(C)N=c2s/c(=C\Nc3ccc(Cl)cc3)c(=O)n2[C@H]1c1ccc(Cl)cc1. The van der Waals surface area contributed by atoms with Crippen molar-refractivity contribution in [2.24, 2.45) is 4.99 Å². The average molecular weight is 488 g/mol. The molecule has 0 saturated heterocycles. The van der Waals surface area contributed by atoms with Crippen LogP contribution in [0, 0.1) is 0 Å². The molecule has 0 bridgehead atoms. The van der Waals surface area contributed by atoms with Gasteiger partial charge in [-0.1, -0.05) is 46.7 Å². The number of nitrogens with one attached hydrogen (secondary N) is 1. The largest absolute Gasteiger partial charge is 0.463 e. The second kappa shape index (κ2) is 9.32. The molecule has 0 amide bonds. The number of nitrogens with zero attached hydrogens (tertiary/aromatic N) is 2. The summed E-state index contributed by atoms with van der Waals surface area (Å²) in [4.78, 5) is 31.3. The van der Waals surface area contributed by atoms with Crippen LogP contribution in [0.1, 0.15) is 25.5 Å². The first-order chi connectivity index (χ1) is 15.4. The number of hydrogen-bond acceptors (Lipinski definition) is 6. The first-order valence-electron chi connectivity index (χ1n) is 9.84. The van der Waals surface area contributed by atoms with E-state index in [1.165, 1.54) is 15.9 Å². The second-order valence-electron chi connectivity index (χ2n) is 7.01. The summed E-state index contributed by atoms with van der Waals surface area (Å²) in [5, 5.41) is 4.30. The van der Waals surface area contributed by atoms with Gasteiger partial charge in [0.25, 0.3) is 5.56 Å². The number of rotatable bonds is 5. The van der Waals surface area contributed by atoms with Crippen molar-refractivity contribution >= 4 is 52.4 Å². The normalized spacial score (nSPS) is 15.9. The Morgan fingerprint density at radius 2 is 1.78 bits per heavy atom. The number of thiazole rings is 1. The maximum atomic E-state index is 13.4. The molecule has 4 rings (SSSR count). The molecule has 164 valence electrons. The third kappa shape index (κ3) is 4.37. The smallest absolute Gasteiger partial charge is 0.338 e. The van der Waals surface area contributed by atoms with Crippen LogP contribution in [0.25, 0.3) is 6.20 Å². The summed E-state index contributed by atoms with van der Waals surface area (Å²) in [6.07, 6.45) is 1.63. The summed E-state index contributed by atoms with van der Waals surface area (Å²) >= 11 is 13.2. The minimum Gasteiger partial charge on any atom is -0.463 e. The minimum absolute atomic E-state index is 0.221. The number of hydrogen-bond donors (Lipinski definition) is 1. The highest BCUT2D eigenvalue weighted by Crippen LogP contribution is 2.31. The number of carbonyl (C=O) groups excluding carboxylic acids is 1. The Bertz CT molecular complexity index is 1370. The van der Waals surface area contributed by atoms with Crippen molar-refractivity contribution in [2.75, 3.05) is 11.9 Å². The van der Waals surface area contributed by atoms with Gasteiger partial charge in [0.05, 0.1) is 23.9 Å². The molecular weight excluding hydrogens is 469 g/mol. The van der Waals surface area contributed by atoms with Crippen LogP contribution in [0.5, 0.6) is 0 Å². The molecule has 1 aromatic heterocycles. The molecule has 1 aliphatic rings. The standard InChI is InChI=1S/C23H19Cl2N3O3S/c1-3-31-22(30)19-13(2)27-23-28(20(19)14-4-6-15(24)7-5-14)21(29)18(32-23)12-26-17-10-8-16(25)9-11-17/h4-12,20,26H,3H2,1-2H3/b18-12-/t20-/m0/s1. The van der Waals surface area contributed by atoms with Crippen molar-refractivity contribution in [1.82, 2.24) is 4.57 Å². The predicted molar refractivity (Wildman–Crippen MR) is 128 cm³/mol. The molecule has 1 atom stereocenters. The van der Waals surface area contributed by atoms with Gasteiger partial charge < -0.3 is 10.1 Å². The van der Waals surface area contributed by atoms with Gasteiger partial charge in [0, 0.05) is 21.9 Å². The van der Waals surface area contributed by atoms with Crippen molar-refractivity contribution in [3.63, 3.8) is 0 Å². The summed E-state index contributed by atoms with van der Waals surface area (Å²) in [6.45, 7) is 3.71. The lowest BCUT2D eigenvalue weighted by molar-refractivity contribution is -0.139. The molecule has 0 fully saturated rings. The Morgan fingerprint density at radius 1 is 1.16 bits per heavy atom. The van der Waals surface area contributed by atoms with Crippen molar-refractivity contribution in [1.29, 1.82) is 0 Å². The van der Waals surface area contributed by atoms with Crippen LogP contribution in [0.4, 0.5) is 5.69 Å². The molecule has 0 spiro atoms. The van der Waals surface area contributed by atoms with Gasteiger partial charge in [0.15, 0.2) is 4.80 Å². The van der Waals surface area contributed by atoms with Crippen molar-refractivity contribution < 1.29 is 9.53 Å². The molecule has 32 heavy (non-hydrogen) atoms. The van der Waals surface area contributed by atoms with Crippen molar-refractivity contribution in [3.8, 4) is 0 Å². The van der Waals surface area contributed by atoms with Crippen LogP contribution in [0.3, 0.4) is 0 Å². The van der Waals surface area contributed by atoms with Gasteiger partial charge in [-0.05, 0) is 55.8 Å². The molecule has 6 nitrogen and oxygen atoms in total. The van der Waals surface area contributed by atoms with Crippen molar-refractivity contribution in [3.05, 3.63) is 95.1 Å². The van der Waals surface area contributed by atoms with E-state index in [2.05, 4.69) is 10.3 Å². The number of allylic oxidation sites excluding steroid dienone is 1. The van der Waals surface area contributed by atoms with Gasteiger partial charge in [0.1, 0.15) is 4.53 Å². The lowest BCUT2D eigenvalue weighted by atomic mass is 9.96. The summed E-state index contributed by atoms with van der Waals surface area (Å²) in [5.74, 6) is -0.498. The summed E-state index contributed by atoms with van der Waals surface area (Å²) in [6, 6.07) is 13.5. The van der Waals surface area contributed by atoms with E-state index in [0.717, 1.165) is 11.3 Å². The number of carbonyl (C=O) groups is 1. The third-order valence-electron chi connectivity index (χ3n) is 4.92. The molecule has 3 aromatic rings.